The standard InChI is InChI=1S/C31H38N6O4/c1-21-19-23(11-14-25(21)29(38)33-15-7-6-8-16-34-30(39)41-31(2,3)4)36-27-28-35-20-26(37(28)18-17-32-27)22-9-12-24(40-5)13-10-22/h9-14,17-20H,6-8,15-16H2,1-5H3,(H,32,36)(H,33,38)(H,34,39). The van der Waals surface area contributed by atoms with Crippen molar-refractivity contribution in [2.24, 2.45) is 0 Å². The molecule has 2 heterocycles. The number of methoxy groups -OCH3 is 1. The number of imidazole rings is 1. The van der Waals surface area contributed by atoms with Crippen molar-refractivity contribution in [1.82, 2.24) is 25.0 Å². The van der Waals surface area contributed by atoms with Gasteiger partial charge in [0, 0.05) is 42.3 Å². The second-order valence-corrected chi connectivity index (χ2v) is 10.7. The van der Waals surface area contributed by atoms with E-state index in [1.54, 1.807) is 13.3 Å². The molecule has 0 aliphatic rings. The molecule has 216 valence electrons. The molecule has 2 aromatic heterocycles. The van der Waals surface area contributed by atoms with Crippen LogP contribution in [0.1, 0.15) is 56.0 Å². The summed E-state index contributed by atoms with van der Waals surface area (Å²) in [4.78, 5) is 33.5. The van der Waals surface area contributed by atoms with Gasteiger partial charge in [-0.2, -0.15) is 0 Å². The van der Waals surface area contributed by atoms with E-state index in [0.29, 0.717) is 30.1 Å². The summed E-state index contributed by atoms with van der Waals surface area (Å²) in [5.41, 5.74) is 4.42. The molecule has 10 heteroatoms. The molecule has 10 nitrogen and oxygen atoms in total. The molecule has 0 radical (unpaired) electrons. The molecular formula is C31H38N6O4. The number of rotatable bonds is 11. The molecule has 2 amide bonds. The number of carbonyl (C=O) groups excluding carboxylic acids is 2. The molecule has 0 spiro atoms. The van der Waals surface area contributed by atoms with Gasteiger partial charge in [-0.15, -0.1) is 0 Å². The van der Waals surface area contributed by atoms with E-state index in [0.717, 1.165) is 47.5 Å². The molecule has 41 heavy (non-hydrogen) atoms. The summed E-state index contributed by atoms with van der Waals surface area (Å²) >= 11 is 0. The van der Waals surface area contributed by atoms with Gasteiger partial charge in [-0.05, 0) is 95.0 Å². The molecule has 0 unspecified atom stereocenters. The second kappa shape index (κ2) is 13.2. The van der Waals surface area contributed by atoms with Gasteiger partial charge in [0.15, 0.2) is 11.5 Å². The molecule has 4 aromatic rings. The van der Waals surface area contributed by atoms with Crippen LogP contribution in [0.2, 0.25) is 0 Å². The molecule has 0 bridgehead atoms. The number of hydrogen-bond acceptors (Lipinski definition) is 7. The van der Waals surface area contributed by atoms with Crippen LogP contribution in [0.3, 0.4) is 0 Å². The van der Waals surface area contributed by atoms with Crippen molar-refractivity contribution in [1.29, 1.82) is 0 Å². The number of carbonyl (C=O) groups is 2. The number of aryl methyl sites for hydroxylation is 1. The van der Waals surface area contributed by atoms with Gasteiger partial charge in [-0.1, -0.05) is 0 Å². The molecule has 0 saturated carbocycles. The lowest BCUT2D eigenvalue weighted by molar-refractivity contribution is 0.0527. The Labute approximate surface area is 240 Å². The molecular weight excluding hydrogens is 520 g/mol. The minimum absolute atomic E-state index is 0.112. The highest BCUT2D eigenvalue weighted by molar-refractivity contribution is 5.96. The Morgan fingerprint density at radius 3 is 2.37 bits per heavy atom. The predicted octanol–water partition coefficient (Wildman–Crippen LogP) is 5.88. The second-order valence-electron chi connectivity index (χ2n) is 10.7. The third-order valence-corrected chi connectivity index (χ3v) is 6.35. The number of benzene rings is 2. The van der Waals surface area contributed by atoms with Gasteiger partial charge in [0.1, 0.15) is 11.4 Å². The van der Waals surface area contributed by atoms with Crippen molar-refractivity contribution in [3.8, 4) is 17.0 Å². The fourth-order valence-corrected chi connectivity index (χ4v) is 4.34. The highest BCUT2D eigenvalue weighted by Gasteiger charge is 2.16. The maximum Gasteiger partial charge on any atom is 0.407 e. The van der Waals surface area contributed by atoms with E-state index in [1.807, 2.05) is 87.0 Å². The first-order chi connectivity index (χ1) is 19.6. The third-order valence-electron chi connectivity index (χ3n) is 6.35. The summed E-state index contributed by atoms with van der Waals surface area (Å²) < 4.78 is 12.5. The zero-order valence-electron chi connectivity index (χ0n) is 24.3. The van der Waals surface area contributed by atoms with Gasteiger partial charge < -0.3 is 25.4 Å². The number of nitrogens with zero attached hydrogens (tertiary/aromatic N) is 3. The van der Waals surface area contributed by atoms with Crippen molar-refractivity contribution in [3.05, 3.63) is 72.2 Å². The van der Waals surface area contributed by atoms with Crippen LogP contribution in [0.5, 0.6) is 5.75 Å². The van der Waals surface area contributed by atoms with E-state index in [1.165, 1.54) is 0 Å². The van der Waals surface area contributed by atoms with E-state index >= 15 is 0 Å². The monoisotopic (exact) mass is 558 g/mol. The molecule has 0 aliphatic heterocycles. The molecule has 2 aromatic carbocycles. The van der Waals surface area contributed by atoms with Gasteiger partial charge in [-0.25, -0.2) is 14.8 Å². The first kappa shape index (κ1) is 29.4. The number of amides is 2. The Balaban J connectivity index is 1.29. The van der Waals surface area contributed by atoms with Crippen LogP contribution in [0, 0.1) is 6.92 Å². The first-order valence-electron chi connectivity index (χ1n) is 13.7. The van der Waals surface area contributed by atoms with Crippen LogP contribution in [0.15, 0.2) is 61.1 Å². The Morgan fingerprint density at radius 2 is 1.68 bits per heavy atom. The number of fused-ring (bicyclic) bond motifs is 1. The quantitative estimate of drug-likeness (QED) is 0.197. The summed E-state index contributed by atoms with van der Waals surface area (Å²) in [6.45, 7) is 8.51. The number of aromatic nitrogens is 3. The van der Waals surface area contributed by atoms with Crippen molar-refractivity contribution in [3.63, 3.8) is 0 Å². The maximum atomic E-state index is 12.8. The first-order valence-corrected chi connectivity index (χ1v) is 13.7. The predicted molar refractivity (Wildman–Crippen MR) is 160 cm³/mol. The van der Waals surface area contributed by atoms with Gasteiger partial charge in [0.05, 0.1) is 19.0 Å². The molecule has 0 fully saturated rings. The number of alkyl carbamates (subject to hydrolysis) is 1. The normalized spacial score (nSPS) is 11.2. The van der Waals surface area contributed by atoms with Crippen LogP contribution >= 0.6 is 0 Å². The topological polar surface area (TPSA) is 119 Å². The van der Waals surface area contributed by atoms with Crippen molar-refractivity contribution in [2.75, 3.05) is 25.5 Å². The van der Waals surface area contributed by atoms with Crippen molar-refractivity contribution >= 4 is 29.2 Å². The summed E-state index contributed by atoms with van der Waals surface area (Å²) in [5.74, 6) is 1.30. The van der Waals surface area contributed by atoms with E-state index in [9.17, 15) is 9.59 Å². The van der Waals surface area contributed by atoms with Crippen LogP contribution in [0.25, 0.3) is 16.9 Å². The lowest BCUT2D eigenvalue weighted by Gasteiger charge is -2.19. The largest absolute Gasteiger partial charge is 0.497 e. The lowest BCUT2D eigenvalue weighted by atomic mass is 10.1. The highest BCUT2D eigenvalue weighted by atomic mass is 16.6. The van der Waals surface area contributed by atoms with Crippen molar-refractivity contribution < 1.29 is 19.1 Å². The van der Waals surface area contributed by atoms with Gasteiger partial charge in [0.25, 0.3) is 5.91 Å². The summed E-state index contributed by atoms with van der Waals surface area (Å²) in [6.07, 6.45) is 7.53. The zero-order valence-corrected chi connectivity index (χ0v) is 24.3. The molecule has 4 rings (SSSR count). The summed E-state index contributed by atoms with van der Waals surface area (Å²) in [7, 11) is 1.65. The molecule has 0 aliphatic carbocycles. The SMILES string of the molecule is COc1ccc(-c2cnc3c(Nc4ccc(C(=O)NCCCCCNC(=O)OC(C)(C)C)c(C)c4)nccn23)cc1. The summed E-state index contributed by atoms with van der Waals surface area (Å²) in [6, 6.07) is 13.4. The van der Waals surface area contributed by atoms with Crippen molar-refractivity contribution in [2.45, 2.75) is 52.6 Å². The number of hydrogen-bond donors (Lipinski definition) is 3. The molecule has 3 N–H and O–H groups in total. The average molecular weight is 559 g/mol. The highest BCUT2D eigenvalue weighted by Crippen LogP contribution is 2.27. The third kappa shape index (κ3) is 7.97. The fourth-order valence-electron chi connectivity index (χ4n) is 4.34. The minimum atomic E-state index is -0.506. The molecule has 0 atom stereocenters. The van der Waals surface area contributed by atoms with Gasteiger partial charge in [-0.3, -0.25) is 9.20 Å². The van der Waals surface area contributed by atoms with Crippen LogP contribution < -0.4 is 20.7 Å². The Bertz CT molecular complexity index is 1490. The number of anilines is 2. The van der Waals surface area contributed by atoms with Gasteiger partial charge in [0.2, 0.25) is 0 Å². The fraction of sp³-hybridized carbons (Fsp3) is 0.355. The van der Waals surface area contributed by atoms with E-state index in [2.05, 4.69) is 25.9 Å². The van der Waals surface area contributed by atoms with E-state index < -0.39 is 11.7 Å². The van der Waals surface area contributed by atoms with Crippen LogP contribution in [-0.2, 0) is 4.74 Å². The van der Waals surface area contributed by atoms with Gasteiger partial charge >= 0.3 is 6.09 Å². The van der Waals surface area contributed by atoms with Crippen LogP contribution in [-0.4, -0.2) is 52.2 Å². The summed E-state index contributed by atoms with van der Waals surface area (Å²) in [5, 5.41) is 9.08. The van der Waals surface area contributed by atoms with Crippen LogP contribution in [0.4, 0.5) is 16.3 Å². The lowest BCUT2D eigenvalue weighted by Crippen LogP contribution is -2.33. The Morgan fingerprint density at radius 1 is 0.951 bits per heavy atom. The average Bonchev–Trinajstić information content (AvgIpc) is 3.37. The minimum Gasteiger partial charge on any atom is -0.497 e. The zero-order chi connectivity index (χ0) is 29.4. The smallest absolute Gasteiger partial charge is 0.407 e. The van der Waals surface area contributed by atoms with E-state index in [4.69, 9.17) is 9.47 Å². The van der Waals surface area contributed by atoms with E-state index in [-0.39, 0.29) is 5.91 Å². The number of unbranched alkanes of at least 4 members (excludes halogenated alkanes) is 2. The Hall–Kier alpha value is -4.60. The maximum absolute atomic E-state index is 12.8. The Kier molecular flexibility index (Phi) is 9.44. The number of ether oxygens (including phenoxy) is 2. The number of nitrogens with one attached hydrogen (secondary N) is 3. The molecule has 0 saturated heterocycles.